The molecule has 7 heteroatoms. The lowest BCUT2D eigenvalue weighted by Gasteiger charge is -2.09. The van der Waals surface area contributed by atoms with Crippen LogP contribution in [-0.4, -0.2) is 18.9 Å². The van der Waals surface area contributed by atoms with Gasteiger partial charge in [-0.2, -0.15) is 0 Å². The van der Waals surface area contributed by atoms with E-state index in [0.29, 0.717) is 21.3 Å². The quantitative estimate of drug-likeness (QED) is 0.366. The average molecular weight is 363 g/mol. The van der Waals surface area contributed by atoms with Gasteiger partial charge in [0.05, 0.1) is 6.21 Å². The second-order valence-electron chi connectivity index (χ2n) is 4.42. The van der Waals surface area contributed by atoms with Gasteiger partial charge in [0.15, 0.2) is 6.61 Å². The highest BCUT2D eigenvalue weighted by molar-refractivity contribution is 6.31. The number of terminal acetylenes is 1. The van der Waals surface area contributed by atoms with Crippen LogP contribution in [0.2, 0.25) is 10.0 Å². The fourth-order valence-electron chi connectivity index (χ4n) is 1.69. The molecular weight excluding hydrogens is 351 g/mol. The summed E-state index contributed by atoms with van der Waals surface area (Å²) in [6.07, 6.45) is 5.73. The van der Waals surface area contributed by atoms with Crippen molar-refractivity contribution in [3.8, 4) is 18.1 Å². The first-order valence-electron chi connectivity index (χ1n) is 6.71. The number of hydrogen-bond acceptors (Lipinski definition) is 4. The fraction of sp³-hybridized carbons (Fsp3) is 0.0588. The first-order chi connectivity index (χ1) is 11.6. The predicted octanol–water partition coefficient (Wildman–Crippen LogP) is 4.59. The van der Waals surface area contributed by atoms with Crippen LogP contribution in [0.3, 0.4) is 0 Å². The molecule has 0 aliphatic rings. The number of ether oxygens (including phenoxy) is 1. The lowest BCUT2D eigenvalue weighted by Crippen LogP contribution is -2.17. The molecule has 0 unspecified atom stereocenters. The molecule has 1 N–H and O–H groups in total. The SMILES string of the molecule is C#CCO/N=C/c1cc(Cl)ccc1OC(=O)Nc1cccc(Cl)c1. The number of carbonyl (C=O) groups excluding carboxylic acids is 1. The molecule has 2 aromatic rings. The minimum atomic E-state index is -0.682. The Morgan fingerprint density at radius 2 is 2.04 bits per heavy atom. The number of carbonyl (C=O) groups is 1. The zero-order chi connectivity index (χ0) is 17.4. The van der Waals surface area contributed by atoms with Gasteiger partial charge in [0.2, 0.25) is 0 Å². The molecule has 0 radical (unpaired) electrons. The summed E-state index contributed by atoms with van der Waals surface area (Å²) in [7, 11) is 0. The van der Waals surface area contributed by atoms with E-state index in [4.69, 9.17) is 39.2 Å². The van der Waals surface area contributed by atoms with Gasteiger partial charge in [-0.3, -0.25) is 5.32 Å². The summed E-state index contributed by atoms with van der Waals surface area (Å²) in [6, 6.07) is 11.4. The number of amides is 1. The second-order valence-corrected chi connectivity index (χ2v) is 5.29. The van der Waals surface area contributed by atoms with E-state index in [-0.39, 0.29) is 12.4 Å². The monoisotopic (exact) mass is 362 g/mol. The number of nitrogens with one attached hydrogen (secondary N) is 1. The Morgan fingerprint density at radius 3 is 2.79 bits per heavy atom. The summed E-state index contributed by atoms with van der Waals surface area (Å²) < 4.78 is 5.26. The lowest BCUT2D eigenvalue weighted by atomic mass is 10.2. The first kappa shape index (κ1) is 17.7. The molecular formula is C17H12Cl2N2O3. The van der Waals surface area contributed by atoms with Gasteiger partial charge in [-0.05, 0) is 36.4 Å². The van der Waals surface area contributed by atoms with Crippen LogP contribution >= 0.6 is 23.2 Å². The van der Waals surface area contributed by atoms with Gasteiger partial charge in [0, 0.05) is 21.3 Å². The zero-order valence-corrected chi connectivity index (χ0v) is 13.8. The number of nitrogens with zero attached hydrogens (tertiary/aromatic N) is 1. The average Bonchev–Trinajstić information content (AvgIpc) is 2.54. The van der Waals surface area contributed by atoms with E-state index in [1.807, 2.05) is 0 Å². The molecule has 0 aromatic heterocycles. The number of halogens is 2. The Bertz CT molecular complexity index is 801. The van der Waals surface area contributed by atoms with Gasteiger partial charge in [-0.1, -0.05) is 40.3 Å². The molecule has 0 heterocycles. The molecule has 0 bridgehead atoms. The van der Waals surface area contributed by atoms with Crippen LogP contribution in [0, 0.1) is 12.3 Å². The van der Waals surface area contributed by atoms with Gasteiger partial charge >= 0.3 is 6.09 Å². The van der Waals surface area contributed by atoms with E-state index in [1.165, 1.54) is 6.21 Å². The molecule has 2 rings (SSSR count). The largest absolute Gasteiger partial charge is 0.417 e. The Balaban J connectivity index is 2.09. The maximum absolute atomic E-state index is 12.0. The van der Waals surface area contributed by atoms with Crippen molar-refractivity contribution in [3.05, 3.63) is 58.1 Å². The zero-order valence-electron chi connectivity index (χ0n) is 12.3. The molecule has 0 aliphatic heterocycles. The van der Waals surface area contributed by atoms with E-state index in [0.717, 1.165) is 0 Å². The summed E-state index contributed by atoms with van der Waals surface area (Å²) in [4.78, 5) is 16.8. The number of oxime groups is 1. The van der Waals surface area contributed by atoms with E-state index in [1.54, 1.807) is 42.5 Å². The van der Waals surface area contributed by atoms with E-state index in [2.05, 4.69) is 16.4 Å². The molecule has 0 aliphatic carbocycles. The van der Waals surface area contributed by atoms with Crippen molar-refractivity contribution in [1.82, 2.24) is 0 Å². The molecule has 0 atom stereocenters. The number of anilines is 1. The van der Waals surface area contributed by atoms with Gasteiger partial charge < -0.3 is 9.57 Å². The maximum atomic E-state index is 12.0. The van der Waals surface area contributed by atoms with Crippen LogP contribution in [0.25, 0.3) is 0 Å². The summed E-state index contributed by atoms with van der Waals surface area (Å²) in [5.74, 6) is 2.53. The fourth-order valence-corrected chi connectivity index (χ4v) is 2.06. The molecule has 0 fully saturated rings. The highest BCUT2D eigenvalue weighted by Gasteiger charge is 2.10. The number of hydrogen-bond donors (Lipinski definition) is 1. The van der Waals surface area contributed by atoms with Gasteiger partial charge in [-0.15, -0.1) is 6.42 Å². The van der Waals surface area contributed by atoms with Crippen LogP contribution < -0.4 is 10.1 Å². The third-order valence-electron chi connectivity index (χ3n) is 2.66. The molecule has 122 valence electrons. The normalized spacial score (nSPS) is 10.2. The topological polar surface area (TPSA) is 59.9 Å². The minimum Gasteiger partial charge on any atom is -0.409 e. The summed E-state index contributed by atoms with van der Waals surface area (Å²) in [5.41, 5.74) is 0.967. The van der Waals surface area contributed by atoms with Crippen molar-refractivity contribution in [1.29, 1.82) is 0 Å². The molecule has 24 heavy (non-hydrogen) atoms. The number of rotatable bonds is 5. The van der Waals surface area contributed by atoms with E-state index >= 15 is 0 Å². The highest BCUT2D eigenvalue weighted by Crippen LogP contribution is 2.22. The summed E-state index contributed by atoms with van der Waals surface area (Å²) in [5, 5.41) is 7.20. The van der Waals surface area contributed by atoms with Crippen molar-refractivity contribution >= 4 is 41.2 Å². The number of benzene rings is 2. The highest BCUT2D eigenvalue weighted by atomic mass is 35.5. The molecule has 1 amide bonds. The second kappa shape index (κ2) is 8.82. The smallest absolute Gasteiger partial charge is 0.409 e. The van der Waals surface area contributed by atoms with Crippen molar-refractivity contribution in [3.63, 3.8) is 0 Å². The third-order valence-corrected chi connectivity index (χ3v) is 3.13. The van der Waals surface area contributed by atoms with Gasteiger partial charge in [0.25, 0.3) is 0 Å². The Morgan fingerprint density at radius 1 is 1.25 bits per heavy atom. The van der Waals surface area contributed by atoms with Crippen molar-refractivity contribution < 1.29 is 14.4 Å². The van der Waals surface area contributed by atoms with Crippen molar-refractivity contribution in [2.24, 2.45) is 5.16 Å². The van der Waals surface area contributed by atoms with Crippen LogP contribution in [-0.2, 0) is 4.84 Å². The van der Waals surface area contributed by atoms with Gasteiger partial charge in [0.1, 0.15) is 5.75 Å². The van der Waals surface area contributed by atoms with Crippen LogP contribution in [0.5, 0.6) is 5.75 Å². The Labute approximate surface area is 149 Å². The molecule has 2 aromatic carbocycles. The predicted molar refractivity (Wildman–Crippen MR) is 94.9 cm³/mol. The first-order valence-corrected chi connectivity index (χ1v) is 7.47. The lowest BCUT2D eigenvalue weighted by molar-refractivity contribution is 0.181. The van der Waals surface area contributed by atoms with Crippen LogP contribution in [0.4, 0.5) is 10.5 Å². The Kier molecular flexibility index (Phi) is 6.50. The van der Waals surface area contributed by atoms with Crippen molar-refractivity contribution in [2.75, 3.05) is 11.9 Å². The van der Waals surface area contributed by atoms with Crippen LogP contribution in [0.1, 0.15) is 5.56 Å². The summed E-state index contributed by atoms with van der Waals surface area (Å²) >= 11 is 11.8. The third kappa shape index (κ3) is 5.51. The maximum Gasteiger partial charge on any atom is 0.417 e. The van der Waals surface area contributed by atoms with Gasteiger partial charge in [-0.25, -0.2) is 4.79 Å². The molecule has 0 saturated heterocycles. The van der Waals surface area contributed by atoms with E-state index < -0.39 is 6.09 Å². The molecule has 0 spiro atoms. The standard InChI is InChI=1S/C17H12Cl2N2O3/c1-2-8-23-20-11-12-9-14(19)6-7-16(12)24-17(22)21-15-5-3-4-13(18)10-15/h1,3-7,9-11H,8H2,(H,21,22)/b20-11+. The van der Waals surface area contributed by atoms with Crippen molar-refractivity contribution in [2.45, 2.75) is 0 Å². The Hall–Kier alpha value is -2.68. The molecule has 0 saturated carbocycles. The van der Waals surface area contributed by atoms with E-state index in [9.17, 15) is 4.79 Å². The van der Waals surface area contributed by atoms with Crippen LogP contribution in [0.15, 0.2) is 47.6 Å². The molecule has 5 nitrogen and oxygen atoms in total. The summed E-state index contributed by atoms with van der Waals surface area (Å²) in [6.45, 7) is 0.0303. The minimum absolute atomic E-state index is 0.0303.